The number of piperidine rings is 1. The third-order valence-electron chi connectivity index (χ3n) is 9.22. The Balaban J connectivity index is 1.29. The highest BCUT2D eigenvalue weighted by Crippen LogP contribution is 2.48. The van der Waals surface area contributed by atoms with Gasteiger partial charge in [-0.05, 0) is 101 Å². The molecule has 0 radical (unpaired) electrons. The topological polar surface area (TPSA) is 60.9 Å². The van der Waals surface area contributed by atoms with Gasteiger partial charge in [0.1, 0.15) is 0 Å². The lowest BCUT2D eigenvalue weighted by atomic mass is 9.74. The van der Waals surface area contributed by atoms with Crippen molar-refractivity contribution in [3.05, 3.63) is 98.5 Å². The summed E-state index contributed by atoms with van der Waals surface area (Å²) in [6.45, 7) is 9.45. The summed E-state index contributed by atoms with van der Waals surface area (Å²) in [6.07, 6.45) is 2.66. The average molecular weight is 643 g/mol. The van der Waals surface area contributed by atoms with Gasteiger partial charge in [0.05, 0.1) is 21.5 Å². The summed E-state index contributed by atoms with van der Waals surface area (Å²) in [5.74, 6) is 0.172. The fourth-order valence-corrected chi connectivity index (χ4v) is 8.34. The van der Waals surface area contributed by atoms with E-state index in [4.69, 9.17) is 23.2 Å². The molecule has 3 aromatic carbocycles. The summed E-state index contributed by atoms with van der Waals surface area (Å²) < 4.78 is 27.5. The molecule has 0 aliphatic carbocycles. The number of likely N-dealkylation sites (N-methyl/N-ethyl adjacent to an activating group) is 1. The van der Waals surface area contributed by atoms with E-state index in [1.165, 1.54) is 0 Å². The Labute approximate surface area is 266 Å². The standard InChI is InChI=1S/C34H41Cl2N3O3S/c1-5-43(41,42)39-23-34(29-8-6-7-9-32(29)39)13-16-38(17-14-34)15-12-27(26-10-11-30(35)31(36)21-26)22-37(4)33(40)28-19-24(2)18-25(3)20-28/h6-11,18-21,27H,5,12-17,22-23H2,1-4H3/t27-/m1/s1. The molecule has 0 aromatic heterocycles. The van der Waals surface area contributed by atoms with Crippen LogP contribution in [-0.2, 0) is 15.4 Å². The molecule has 9 heteroatoms. The number of anilines is 1. The molecule has 1 spiro atoms. The normalized spacial score (nSPS) is 17.2. The van der Waals surface area contributed by atoms with Crippen molar-refractivity contribution in [2.45, 2.75) is 51.4 Å². The first-order valence-corrected chi connectivity index (χ1v) is 17.4. The van der Waals surface area contributed by atoms with E-state index in [-0.39, 0.29) is 23.0 Å². The van der Waals surface area contributed by atoms with Crippen LogP contribution < -0.4 is 4.31 Å². The van der Waals surface area contributed by atoms with Gasteiger partial charge in [-0.2, -0.15) is 0 Å². The maximum Gasteiger partial charge on any atom is 0.253 e. The lowest BCUT2D eigenvalue weighted by Crippen LogP contribution is -2.46. The molecule has 230 valence electrons. The van der Waals surface area contributed by atoms with E-state index in [1.807, 2.05) is 74.3 Å². The minimum atomic E-state index is -3.34. The average Bonchev–Trinajstić information content (AvgIpc) is 3.31. The molecule has 43 heavy (non-hydrogen) atoms. The van der Waals surface area contributed by atoms with Crippen molar-refractivity contribution in [2.75, 3.05) is 49.8 Å². The molecular weight excluding hydrogens is 601 g/mol. The molecule has 1 atom stereocenters. The molecule has 5 rings (SSSR count). The number of sulfonamides is 1. The van der Waals surface area contributed by atoms with Crippen molar-refractivity contribution in [1.29, 1.82) is 0 Å². The number of aryl methyl sites for hydroxylation is 2. The number of fused-ring (bicyclic) bond motifs is 2. The number of hydrogen-bond donors (Lipinski definition) is 0. The number of halogens is 2. The zero-order valence-electron chi connectivity index (χ0n) is 25.4. The highest BCUT2D eigenvalue weighted by atomic mass is 35.5. The maximum absolute atomic E-state index is 13.4. The molecule has 0 bridgehead atoms. The highest BCUT2D eigenvalue weighted by molar-refractivity contribution is 7.92. The van der Waals surface area contributed by atoms with E-state index in [9.17, 15) is 13.2 Å². The van der Waals surface area contributed by atoms with Crippen LogP contribution in [0.2, 0.25) is 10.0 Å². The summed E-state index contributed by atoms with van der Waals surface area (Å²) in [5.41, 5.74) is 5.75. The van der Waals surface area contributed by atoms with Gasteiger partial charge in [-0.25, -0.2) is 8.42 Å². The van der Waals surface area contributed by atoms with E-state index in [2.05, 4.69) is 17.0 Å². The Morgan fingerprint density at radius 3 is 2.30 bits per heavy atom. The Kier molecular flexibility index (Phi) is 9.48. The Morgan fingerprint density at radius 2 is 1.65 bits per heavy atom. The summed E-state index contributed by atoms with van der Waals surface area (Å²) >= 11 is 12.7. The number of rotatable bonds is 9. The number of carbonyl (C=O) groups is 1. The Hall–Kier alpha value is -2.58. The van der Waals surface area contributed by atoms with Crippen LogP contribution in [-0.4, -0.2) is 69.6 Å². The number of hydrogen-bond acceptors (Lipinski definition) is 4. The van der Waals surface area contributed by atoms with Crippen LogP contribution in [0.25, 0.3) is 0 Å². The second kappa shape index (κ2) is 12.8. The summed E-state index contributed by atoms with van der Waals surface area (Å²) in [5, 5.41) is 1.03. The number of para-hydroxylation sites is 1. The van der Waals surface area contributed by atoms with Crippen LogP contribution in [0.5, 0.6) is 0 Å². The second-order valence-electron chi connectivity index (χ2n) is 12.3. The largest absolute Gasteiger partial charge is 0.341 e. The lowest BCUT2D eigenvalue weighted by molar-refractivity contribution is 0.0780. The van der Waals surface area contributed by atoms with E-state index in [0.717, 1.165) is 66.8 Å². The summed E-state index contributed by atoms with van der Waals surface area (Å²) in [7, 11) is -1.47. The minimum absolute atomic E-state index is 0.00302. The molecule has 1 fully saturated rings. The van der Waals surface area contributed by atoms with Gasteiger partial charge in [-0.3, -0.25) is 9.10 Å². The zero-order valence-corrected chi connectivity index (χ0v) is 27.8. The van der Waals surface area contributed by atoms with Crippen molar-refractivity contribution in [1.82, 2.24) is 9.80 Å². The van der Waals surface area contributed by atoms with Crippen LogP contribution in [0.15, 0.2) is 60.7 Å². The van der Waals surface area contributed by atoms with Gasteiger partial charge < -0.3 is 9.80 Å². The molecule has 2 aliphatic heterocycles. The van der Waals surface area contributed by atoms with E-state index in [1.54, 1.807) is 11.2 Å². The predicted molar refractivity (Wildman–Crippen MR) is 177 cm³/mol. The van der Waals surface area contributed by atoms with Crippen molar-refractivity contribution in [3.63, 3.8) is 0 Å². The van der Waals surface area contributed by atoms with Gasteiger partial charge in [-0.15, -0.1) is 0 Å². The lowest BCUT2D eigenvalue weighted by Gasteiger charge is -2.40. The SMILES string of the molecule is CCS(=O)(=O)N1CC2(CCN(CC[C@H](CN(C)C(=O)c3cc(C)cc(C)c3)c3ccc(Cl)c(Cl)c3)CC2)c2ccccc21. The third-order valence-corrected chi connectivity index (χ3v) is 11.7. The molecule has 2 aliphatic rings. The quantitative estimate of drug-likeness (QED) is 0.251. The van der Waals surface area contributed by atoms with Crippen molar-refractivity contribution in [3.8, 4) is 0 Å². The highest BCUT2D eigenvalue weighted by Gasteiger charge is 2.47. The first-order valence-electron chi connectivity index (χ1n) is 15.0. The van der Waals surface area contributed by atoms with Gasteiger partial charge in [0.15, 0.2) is 0 Å². The third kappa shape index (κ3) is 6.75. The number of amides is 1. The number of carbonyl (C=O) groups excluding carboxylic acids is 1. The van der Waals surface area contributed by atoms with Crippen LogP contribution in [0.3, 0.4) is 0 Å². The summed E-state index contributed by atoms with van der Waals surface area (Å²) in [4.78, 5) is 17.7. The van der Waals surface area contributed by atoms with Gasteiger partial charge in [0.25, 0.3) is 5.91 Å². The monoisotopic (exact) mass is 641 g/mol. The fourth-order valence-electron chi connectivity index (χ4n) is 6.82. The van der Waals surface area contributed by atoms with Gasteiger partial charge in [0.2, 0.25) is 10.0 Å². The molecule has 0 unspecified atom stereocenters. The van der Waals surface area contributed by atoms with Gasteiger partial charge in [-0.1, -0.05) is 64.7 Å². The molecule has 0 N–H and O–H groups in total. The van der Waals surface area contributed by atoms with Crippen LogP contribution in [0.1, 0.15) is 64.7 Å². The second-order valence-corrected chi connectivity index (χ2v) is 15.3. The van der Waals surface area contributed by atoms with Crippen LogP contribution >= 0.6 is 23.2 Å². The molecule has 1 saturated heterocycles. The molecule has 2 heterocycles. The molecule has 1 amide bonds. The first-order chi connectivity index (χ1) is 20.4. The van der Waals surface area contributed by atoms with E-state index in [0.29, 0.717) is 28.7 Å². The molecule has 3 aromatic rings. The van der Waals surface area contributed by atoms with Crippen molar-refractivity contribution in [2.24, 2.45) is 0 Å². The molecule has 6 nitrogen and oxygen atoms in total. The first kappa shape index (κ1) is 31.8. The van der Waals surface area contributed by atoms with Gasteiger partial charge >= 0.3 is 0 Å². The van der Waals surface area contributed by atoms with E-state index >= 15 is 0 Å². The Bertz CT molecular complexity index is 1580. The van der Waals surface area contributed by atoms with Crippen LogP contribution in [0, 0.1) is 13.8 Å². The number of nitrogens with zero attached hydrogens (tertiary/aromatic N) is 3. The molecular formula is C34H41Cl2N3O3S. The van der Waals surface area contributed by atoms with Crippen LogP contribution in [0.4, 0.5) is 5.69 Å². The summed E-state index contributed by atoms with van der Waals surface area (Å²) in [6, 6.07) is 19.7. The maximum atomic E-state index is 13.4. The van der Waals surface area contributed by atoms with Crippen molar-refractivity contribution >= 4 is 44.8 Å². The number of likely N-dealkylation sites (tertiary alicyclic amines) is 1. The van der Waals surface area contributed by atoms with Gasteiger partial charge in [0, 0.05) is 37.0 Å². The predicted octanol–water partition coefficient (Wildman–Crippen LogP) is 7.06. The van der Waals surface area contributed by atoms with Crippen molar-refractivity contribution < 1.29 is 13.2 Å². The minimum Gasteiger partial charge on any atom is -0.341 e. The Morgan fingerprint density at radius 1 is 0.977 bits per heavy atom. The smallest absolute Gasteiger partial charge is 0.253 e. The molecule has 0 saturated carbocycles. The number of benzene rings is 3. The van der Waals surface area contributed by atoms with E-state index < -0.39 is 10.0 Å². The zero-order chi connectivity index (χ0) is 30.9. The fraction of sp³-hybridized carbons (Fsp3) is 0.441.